The minimum absolute atomic E-state index is 0.792. The van der Waals surface area contributed by atoms with Crippen LogP contribution in [0.4, 0.5) is 0 Å². The first-order valence-electron chi connectivity index (χ1n) is 7.30. The summed E-state index contributed by atoms with van der Waals surface area (Å²) < 4.78 is 8.52. The third-order valence-corrected chi connectivity index (χ3v) is 5.63. The van der Waals surface area contributed by atoms with Crippen LogP contribution in [0.25, 0.3) is 20.3 Å². The number of fused-ring (bicyclic) bond motifs is 3. The molecule has 0 radical (unpaired) electrons. The molecule has 3 rings (SSSR count). The standard InChI is InChI=1S/C16H19NOS3/c1-11-17-15-14(21-11)10-13(12-6-9-20-16(12)15)18-7-4-2-3-5-8-19/h6,9-10,19H,2-5,7-8H2,1H3. The second kappa shape index (κ2) is 6.99. The number of hydrogen-bond donors (Lipinski definition) is 1. The highest BCUT2D eigenvalue weighted by atomic mass is 32.1. The number of rotatable bonds is 7. The molecule has 0 atom stereocenters. The Morgan fingerprint density at radius 1 is 1.24 bits per heavy atom. The number of thiophene rings is 1. The normalized spacial score (nSPS) is 11.5. The number of unbranched alkanes of at least 4 members (excludes halogenated alkanes) is 3. The Morgan fingerprint density at radius 3 is 2.95 bits per heavy atom. The van der Waals surface area contributed by atoms with Crippen LogP contribution in [0.15, 0.2) is 17.5 Å². The molecule has 0 aliphatic carbocycles. The van der Waals surface area contributed by atoms with Crippen molar-refractivity contribution in [2.75, 3.05) is 12.4 Å². The summed E-state index contributed by atoms with van der Waals surface area (Å²) in [7, 11) is 0. The predicted molar refractivity (Wildman–Crippen MR) is 97.6 cm³/mol. The second-order valence-corrected chi connectivity index (χ2v) is 7.70. The van der Waals surface area contributed by atoms with Crippen LogP contribution in [0, 0.1) is 6.92 Å². The van der Waals surface area contributed by atoms with Gasteiger partial charge in [-0.3, -0.25) is 0 Å². The summed E-state index contributed by atoms with van der Waals surface area (Å²) >= 11 is 7.73. The molecule has 0 spiro atoms. The molecular formula is C16H19NOS3. The van der Waals surface area contributed by atoms with E-state index in [1.54, 1.807) is 22.7 Å². The van der Waals surface area contributed by atoms with Crippen LogP contribution in [-0.4, -0.2) is 17.3 Å². The third kappa shape index (κ3) is 3.35. The van der Waals surface area contributed by atoms with Crippen LogP contribution in [0.1, 0.15) is 30.7 Å². The summed E-state index contributed by atoms with van der Waals surface area (Å²) in [6.07, 6.45) is 4.77. The summed E-state index contributed by atoms with van der Waals surface area (Å²) in [4.78, 5) is 4.65. The van der Waals surface area contributed by atoms with Crippen LogP contribution < -0.4 is 4.74 Å². The monoisotopic (exact) mass is 337 g/mol. The van der Waals surface area contributed by atoms with E-state index in [1.165, 1.54) is 34.0 Å². The van der Waals surface area contributed by atoms with Crippen molar-refractivity contribution in [3.8, 4) is 5.75 Å². The largest absolute Gasteiger partial charge is 0.493 e. The van der Waals surface area contributed by atoms with Gasteiger partial charge in [0, 0.05) is 11.5 Å². The van der Waals surface area contributed by atoms with Crippen LogP contribution in [0.3, 0.4) is 0 Å². The van der Waals surface area contributed by atoms with E-state index in [0.717, 1.165) is 35.1 Å². The lowest BCUT2D eigenvalue weighted by Crippen LogP contribution is -1.97. The highest BCUT2D eigenvalue weighted by Crippen LogP contribution is 2.38. The van der Waals surface area contributed by atoms with Gasteiger partial charge < -0.3 is 4.74 Å². The average molecular weight is 338 g/mol. The van der Waals surface area contributed by atoms with E-state index in [-0.39, 0.29) is 0 Å². The zero-order chi connectivity index (χ0) is 14.7. The molecule has 0 N–H and O–H groups in total. The zero-order valence-corrected chi connectivity index (χ0v) is 14.6. The zero-order valence-electron chi connectivity index (χ0n) is 12.1. The van der Waals surface area contributed by atoms with Crippen molar-refractivity contribution in [2.45, 2.75) is 32.6 Å². The van der Waals surface area contributed by atoms with Gasteiger partial charge in [0.05, 0.1) is 26.5 Å². The lowest BCUT2D eigenvalue weighted by Gasteiger charge is -2.08. The van der Waals surface area contributed by atoms with Crippen molar-refractivity contribution >= 4 is 55.6 Å². The fourth-order valence-corrected chi connectivity index (χ4v) is 4.51. The molecule has 21 heavy (non-hydrogen) atoms. The summed E-state index contributed by atoms with van der Waals surface area (Å²) in [6.45, 7) is 2.85. The summed E-state index contributed by atoms with van der Waals surface area (Å²) in [6, 6.07) is 4.30. The first kappa shape index (κ1) is 15.1. The number of hydrogen-bond acceptors (Lipinski definition) is 5. The molecule has 0 unspecified atom stereocenters. The highest BCUT2D eigenvalue weighted by molar-refractivity contribution is 7.80. The molecule has 0 bridgehead atoms. The topological polar surface area (TPSA) is 22.1 Å². The van der Waals surface area contributed by atoms with Crippen molar-refractivity contribution in [1.29, 1.82) is 0 Å². The van der Waals surface area contributed by atoms with E-state index in [4.69, 9.17) is 4.74 Å². The smallest absolute Gasteiger partial charge is 0.129 e. The fourth-order valence-electron chi connectivity index (χ4n) is 2.46. The van der Waals surface area contributed by atoms with Crippen molar-refractivity contribution in [3.05, 3.63) is 22.5 Å². The van der Waals surface area contributed by atoms with Gasteiger partial charge in [-0.25, -0.2) is 4.98 Å². The van der Waals surface area contributed by atoms with E-state index in [2.05, 4.69) is 42.0 Å². The van der Waals surface area contributed by atoms with Crippen LogP contribution in [0.2, 0.25) is 0 Å². The van der Waals surface area contributed by atoms with Gasteiger partial charge in [0.15, 0.2) is 0 Å². The molecule has 0 saturated heterocycles. The molecule has 5 heteroatoms. The maximum Gasteiger partial charge on any atom is 0.129 e. The number of aromatic nitrogens is 1. The minimum Gasteiger partial charge on any atom is -0.493 e. The van der Waals surface area contributed by atoms with E-state index in [1.807, 2.05) is 0 Å². The Bertz CT molecular complexity index is 732. The summed E-state index contributed by atoms with van der Waals surface area (Å²) in [5.74, 6) is 1.99. The second-order valence-electron chi connectivity index (χ2n) is 5.10. The molecule has 2 nitrogen and oxygen atoms in total. The maximum atomic E-state index is 6.04. The van der Waals surface area contributed by atoms with Gasteiger partial charge in [0.25, 0.3) is 0 Å². The van der Waals surface area contributed by atoms with Gasteiger partial charge in [-0.15, -0.1) is 22.7 Å². The quantitative estimate of drug-likeness (QED) is 0.442. The van der Waals surface area contributed by atoms with Gasteiger partial charge in [-0.1, -0.05) is 12.8 Å². The molecule has 2 heterocycles. The van der Waals surface area contributed by atoms with Gasteiger partial charge in [0.2, 0.25) is 0 Å². The molecular weight excluding hydrogens is 318 g/mol. The molecule has 0 saturated carbocycles. The van der Waals surface area contributed by atoms with Crippen LogP contribution in [-0.2, 0) is 0 Å². The molecule has 2 aromatic heterocycles. The van der Waals surface area contributed by atoms with Crippen molar-refractivity contribution in [3.63, 3.8) is 0 Å². The van der Waals surface area contributed by atoms with Gasteiger partial charge in [-0.05, 0) is 37.0 Å². The number of thiol groups is 1. The summed E-state index contributed by atoms with van der Waals surface area (Å²) in [5, 5.41) is 4.44. The molecule has 3 aromatic rings. The maximum absolute atomic E-state index is 6.04. The third-order valence-electron chi connectivity index (χ3n) is 3.48. The number of ether oxygens (including phenoxy) is 1. The first-order chi connectivity index (χ1) is 10.3. The van der Waals surface area contributed by atoms with Gasteiger partial charge >= 0.3 is 0 Å². The Labute approximate surface area is 138 Å². The van der Waals surface area contributed by atoms with Gasteiger partial charge in [0.1, 0.15) is 5.75 Å². The lowest BCUT2D eigenvalue weighted by molar-refractivity contribution is 0.309. The van der Waals surface area contributed by atoms with E-state index >= 15 is 0 Å². The van der Waals surface area contributed by atoms with E-state index < -0.39 is 0 Å². The Hall–Kier alpha value is -0.780. The Kier molecular flexibility index (Phi) is 5.03. The van der Waals surface area contributed by atoms with Crippen molar-refractivity contribution in [2.24, 2.45) is 0 Å². The molecule has 0 aliphatic heterocycles. The first-order valence-corrected chi connectivity index (χ1v) is 9.63. The lowest BCUT2D eigenvalue weighted by atomic mass is 10.2. The Balaban J connectivity index is 1.76. The van der Waals surface area contributed by atoms with E-state index in [0.29, 0.717) is 0 Å². The fraction of sp³-hybridized carbons (Fsp3) is 0.438. The van der Waals surface area contributed by atoms with Crippen molar-refractivity contribution < 1.29 is 4.74 Å². The van der Waals surface area contributed by atoms with Crippen LogP contribution >= 0.6 is 35.3 Å². The molecule has 0 amide bonds. The van der Waals surface area contributed by atoms with E-state index in [9.17, 15) is 0 Å². The van der Waals surface area contributed by atoms with Crippen LogP contribution in [0.5, 0.6) is 5.75 Å². The molecule has 0 fully saturated rings. The number of aryl methyl sites for hydroxylation is 1. The van der Waals surface area contributed by atoms with Gasteiger partial charge in [-0.2, -0.15) is 12.6 Å². The average Bonchev–Trinajstić information content (AvgIpc) is 3.07. The number of thiazole rings is 1. The summed E-state index contributed by atoms with van der Waals surface area (Å²) in [5.41, 5.74) is 1.13. The number of nitrogens with zero attached hydrogens (tertiary/aromatic N) is 1. The number of benzene rings is 1. The minimum atomic E-state index is 0.792. The molecule has 0 aliphatic rings. The molecule has 112 valence electrons. The Morgan fingerprint density at radius 2 is 2.10 bits per heavy atom. The van der Waals surface area contributed by atoms with Crippen molar-refractivity contribution in [1.82, 2.24) is 4.98 Å². The molecule has 1 aromatic carbocycles. The predicted octanol–water partition coefficient (Wildman–Crippen LogP) is 5.69. The highest BCUT2D eigenvalue weighted by Gasteiger charge is 2.12. The SMILES string of the molecule is Cc1nc2c(cc(OCCCCCCS)c3ccsc32)s1.